The third kappa shape index (κ3) is 4.23. The van der Waals surface area contributed by atoms with Gasteiger partial charge in [0, 0.05) is 19.2 Å². The van der Waals surface area contributed by atoms with Crippen LogP contribution in [0.5, 0.6) is 0 Å². The van der Waals surface area contributed by atoms with Gasteiger partial charge in [0.05, 0.1) is 17.1 Å². The molecule has 0 aromatic heterocycles. The minimum absolute atomic E-state index is 0.145. The van der Waals surface area contributed by atoms with E-state index >= 15 is 0 Å². The van der Waals surface area contributed by atoms with Crippen LogP contribution in [0.4, 0.5) is 0 Å². The van der Waals surface area contributed by atoms with Crippen molar-refractivity contribution in [1.29, 1.82) is 0 Å². The number of rotatable bonds is 7. The molecule has 2 atom stereocenters. The van der Waals surface area contributed by atoms with Crippen LogP contribution in [0.3, 0.4) is 0 Å². The van der Waals surface area contributed by atoms with Crippen LogP contribution in [0.15, 0.2) is 0 Å². The lowest BCUT2D eigenvalue weighted by Gasteiger charge is -2.18. The summed E-state index contributed by atoms with van der Waals surface area (Å²) < 4.78 is 29.5. The summed E-state index contributed by atoms with van der Waals surface area (Å²) in [6.45, 7) is 7.21. The van der Waals surface area contributed by atoms with Crippen LogP contribution in [-0.2, 0) is 14.6 Å². The van der Waals surface area contributed by atoms with Crippen LogP contribution < -0.4 is 5.32 Å². The fraction of sp³-hybridized carbons (Fsp3) is 1.00. The Kier molecular flexibility index (Phi) is 5.89. The molecule has 0 bridgehead atoms. The van der Waals surface area contributed by atoms with Crippen molar-refractivity contribution in [3.8, 4) is 0 Å². The van der Waals surface area contributed by atoms with Crippen molar-refractivity contribution in [2.45, 2.75) is 57.4 Å². The lowest BCUT2D eigenvalue weighted by Crippen LogP contribution is -2.37. The Bertz CT molecular complexity index is 312. The molecular weight excluding hydrogens is 238 g/mol. The van der Waals surface area contributed by atoms with Gasteiger partial charge in [-0.2, -0.15) is 0 Å². The first kappa shape index (κ1) is 14.9. The zero-order valence-electron chi connectivity index (χ0n) is 11.1. The summed E-state index contributed by atoms with van der Waals surface area (Å²) in [5, 5.41) is 2.99. The van der Waals surface area contributed by atoms with Gasteiger partial charge in [0.25, 0.3) is 0 Å². The highest BCUT2D eigenvalue weighted by Crippen LogP contribution is 2.21. The molecule has 1 rings (SSSR count). The fourth-order valence-corrected chi connectivity index (χ4v) is 4.14. The standard InChI is InChI=1S/C12H25NO3S/c1-4-11(5-2)13-7-9-17(14,15)12-6-8-16-10(12)3/h10-13H,4-9H2,1-3H3. The molecule has 1 aliphatic heterocycles. The van der Waals surface area contributed by atoms with E-state index in [1.807, 2.05) is 6.92 Å². The van der Waals surface area contributed by atoms with Gasteiger partial charge in [-0.05, 0) is 26.2 Å². The van der Waals surface area contributed by atoms with Crippen molar-refractivity contribution in [3.05, 3.63) is 0 Å². The maximum absolute atomic E-state index is 12.1. The highest BCUT2D eigenvalue weighted by molar-refractivity contribution is 7.92. The molecule has 102 valence electrons. The summed E-state index contributed by atoms with van der Waals surface area (Å²) in [4.78, 5) is 0. The molecule has 1 fully saturated rings. The third-order valence-electron chi connectivity index (χ3n) is 3.57. The first-order valence-electron chi connectivity index (χ1n) is 6.57. The number of nitrogens with one attached hydrogen (secondary N) is 1. The van der Waals surface area contributed by atoms with Gasteiger partial charge in [0.1, 0.15) is 0 Å². The SMILES string of the molecule is CCC(CC)NCCS(=O)(=O)C1CCOC1C. The smallest absolute Gasteiger partial charge is 0.157 e. The van der Waals surface area contributed by atoms with Gasteiger partial charge in [-0.1, -0.05) is 13.8 Å². The maximum Gasteiger partial charge on any atom is 0.157 e. The second-order valence-electron chi connectivity index (χ2n) is 4.74. The minimum atomic E-state index is -3.01. The Morgan fingerprint density at radius 1 is 1.35 bits per heavy atom. The molecule has 0 radical (unpaired) electrons. The summed E-state index contributed by atoms with van der Waals surface area (Å²) in [5.74, 6) is 0.224. The van der Waals surface area contributed by atoms with E-state index in [1.54, 1.807) is 0 Å². The molecule has 0 aliphatic carbocycles. The first-order chi connectivity index (χ1) is 8.01. The average molecular weight is 263 g/mol. The Labute approximate surface area is 105 Å². The second-order valence-corrected chi connectivity index (χ2v) is 7.08. The van der Waals surface area contributed by atoms with Crippen molar-refractivity contribution >= 4 is 9.84 Å². The Balaban J connectivity index is 2.39. The number of ether oxygens (including phenoxy) is 1. The van der Waals surface area contributed by atoms with Crippen LogP contribution in [0.25, 0.3) is 0 Å². The lowest BCUT2D eigenvalue weighted by atomic mass is 10.2. The van der Waals surface area contributed by atoms with Gasteiger partial charge in [0.2, 0.25) is 0 Å². The van der Waals surface area contributed by atoms with Crippen molar-refractivity contribution in [2.75, 3.05) is 18.9 Å². The molecule has 0 amide bonds. The monoisotopic (exact) mass is 263 g/mol. The predicted octanol–water partition coefficient (Wildman–Crippen LogP) is 1.36. The van der Waals surface area contributed by atoms with Crippen molar-refractivity contribution in [1.82, 2.24) is 5.32 Å². The van der Waals surface area contributed by atoms with Gasteiger partial charge in [-0.25, -0.2) is 8.42 Å². The van der Waals surface area contributed by atoms with E-state index < -0.39 is 9.84 Å². The summed E-state index contributed by atoms with van der Waals surface area (Å²) >= 11 is 0. The number of hydrogen-bond donors (Lipinski definition) is 1. The van der Waals surface area contributed by atoms with Gasteiger partial charge < -0.3 is 10.1 Å². The normalized spacial score (nSPS) is 25.6. The fourth-order valence-electron chi connectivity index (χ4n) is 2.32. The predicted molar refractivity (Wildman–Crippen MR) is 70.0 cm³/mol. The molecule has 2 unspecified atom stereocenters. The molecule has 1 aliphatic rings. The van der Waals surface area contributed by atoms with Gasteiger partial charge >= 0.3 is 0 Å². The molecule has 0 saturated carbocycles. The average Bonchev–Trinajstić information content (AvgIpc) is 2.71. The van der Waals surface area contributed by atoms with Crippen LogP contribution >= 0.6 is 0 Å². The Hall–Kier alpha value is -0.130. The Morgan fingerprint density at radius 3 is 2.47 bits per heavy atom. The summed E-state index contributed by atoms with van der Waals surface area (Å²) in [7, 11) is -3.01. The van der Waals surface area contributed by atoms with E-state index in [-0.39, 0.29) is 17.1 Å². The van der Waals surface area contributed by atoms with Crippen molar-refractivity contribution in [2.24, 2.45) is 0 Å². The van der Waals surface area contributed by atoms with Crippen LogP contribution in [0, 0.1) is 0 Å². The topological polar surface area (TPSA) is 55.4 Å². The highest BCUT2D eigenvalue weighted by atomic mass is 32.2. The zero-order valence-corrected chi connectivity index (χ0v) is 11.9. The largest absolute Gasteiger partial charge is 0.377 e. The molecule has 17 heavy (non-hydrogen) atoms. The first-order valence-corrected chi connectivity index (χ1v) is 8.29. The molecular formula is C12H25NO3S. The summed E-state index contributed by atoms with van der Waals surface area (Å²) in [6, 6.07) is 0.433. The van der Waals surface area contributed by atoms with Crippen LogP contribution in [0.2, 0.25) is 0 Å². The molecule has 4 nitrogen and oxygen atoms in total. The third-order valence-corrected chi connectivity index (χ3v) is 5.89. The number of sulfone groups is 1. The van der Waals surface area contributed by atoms with E-state index in [0.717, 1.165) is 12.8 Å². The molecule has 0 aromatic carbocycles. The van der Waals surface area contributed by atoms with Crippen molar-refractivity contribution in [3.63, 3.8) is 0 Å². The van der Waals surface area contributed by atoms with Crippen LogP contribution in [0.1, 0.15) is 40.0 Å². The van der Waals surface area contributed by atoms with Gasteiger partial charge in [-0.15, -0.1) is 0 Å². The van der Waals surface area contributed by atoms with Gasteiger partial charge in [0.15, 0.2) is 9.84 Å². The molecule has 1 N–H and O–H groups in total. The highest BCUT2D eigenvalue weighted by Gasteiger charge is 2.35. The maximum atomic E-state index is 12.1. The van der Waals surface area contributed by atoms with Crippen LogP contribution in [-0.4, -0.2) is 44.7 Å². The van der Waals surface area contributed by atoms with E-state index in [4.69, 9.17) is 4.74 Å². The summed E-state index contributed by atoms with van der Waals surface area (Å²) in [6.07, 6.45) is 2.58. The second kappa shape index (κ2) is 6.71. The molecule has 0 spiro atoms. The molecule has 5 heteroatoms. The van der Waals surface area contributed by atoms with E-state index in [9.17, 15) is 8.42 Å². The molecule has 1 heterocycles. The lowest BCUT2D eigenvalue weighted by molar-refractivity contribution is 0.126. The minimum Gasteiger partial charge on any atom is -0.377 e. The quantitative estimate of drug-likeness (QED) is 0.753. The molecule has 1 saturated heterocycles. The van der Waals surface area contributed by atoms with E-state index in [0.29, 0.717) is 25.6 Å². The van der Waals surface area contributed by atoms with Gasteiger partial charge in [-0.3, -0.25) is 0 Å². The van der Waals surface area contributed by atoms with Crippen molar-refractivity contribution < 1.29 is 13.2 Å². The van der Waals surface area contributed by atoms with E-state index in [1.165, 1.54) is 0 Å². The molecule has 0 aromatic rings. The zero-order chi connectivity index (χ0) is 12.9. The number of hydrogen-bond acceptors (Lipinski definition) is 4. The summed E-state index contributed by atoms with van der Waals surface area (Å²) in [5.41, 5.74) is 0. The van der Waals surface area contributed by atoms with E-state index in [2.05, 4.69) is 19.2 Å². The Morgan fingerprint density at radius 2 is 2.00 bits per heavy atom.